The number of carbonyl (C=O) groups is 1. The van der Waals surface area contributed by atoms with Crippen LogP contribution >= 0.6 is 0 Å². The van der Waals surface area contributed by atoms with Gasteiger partial charge in [0, 0.05) is 26.0 Å². The minimum atomic E-state index is -0.0864. The van der Waals surface area contributed by atoms with E-state index in [-0.39, 0.29) is 6.03 Å². The number of pyridine rings is 1. The van der Waals surface area contributed by atoms with Gasteiger partial charge in [-0.15, -0.1) is 0 Å². The van der Waals surface area contributed by atoms with Crippen molar-refractivity contribution >= 4 is 22.9 Å². The lowest BCUT2D eigenvalue weighted by atomic mass is 10.00. The number of hydrazine groups is 1. The van der Waals surface area contributed by atoms with E-state index in [2.05, 4.69) is 30.3 Å². The number of hydrogen-bond acceptors (Lipinski definition) is 4. The predicted octanol–water partition coefficient (Wildman–Crippen LogP) is 1.78. The molecule has 0 spiro atoms. The molecule has 0 aliphatic carbocycles. The molecule has 3 heterocycles. The number of rotatable bonds is 3. The second-order valence-corrected chi connectivity index (χ2v) is 6.01. The van der Waals surface area contributed by atoms with E-state index >= 15 is 0 Å². The molecule has 1 fully saturated rings. The third-order valence-electron chi connectivity index (χ3n) is 4.14. The summed E-state index contributed by atoms with van der Waals surface area (Å²) in [5.41, 5.74) is 3.05. The maximum absolute atomic E-state index is 11.9. The molecule has 22 heavy (non-hydrogen) atoms. The Morgan fingerprint density at radius 3 is 2.73 bits per heavy atom. The number of aromatic nitrogens is 3. The van der Waals surface area contributed by atoms with Gasteiger partial charge >= 0.3 is 6.03 Å². The molecular weight excluding hydrogens is 280 g/mol. The highest BCUT2D eigenvalue weighted by Crippen LogP contribution is 2.30. The summed E-state index contributed by atoms with van der Waals surface area (Å²) >= 11 is 0. The number of nitrogens with one attached hydrogen (secondary N) is 1. The number of carbonyl (C=O) groups excluding carboxylic acids is 1. The molecule has 1 saturated heterocycles. The van der Waals surface area contributed by atoms with Gasteiger partial charge in [0.05, 0.1) is 12.2 Å². The zero-order valence-corrected chi connectivity index (χ0v) is 13.7. The lowest BCUT2D eigenvalue weighted by Crippen LogP contribution is -2.42. The topological polar surface area (TPSA) is 66.3 Å². The van der Waals surface area contributed by atoms with Crippen LogP contribution in [0.2, 0.25) is 0 Å². The van der Waals surface area contributed by atoms with E-state index in [4.69, 9.17) is 4.98 Å². The smallest absolute Gasteiger partial charge is 0.335 e. The molecule has 1 aliphatic rings. The molecule has 0 unspecified atom stereocenters. The first-order valence-electron chi connectivity index (χ1n) is 7.53. The third kappa shape index (κ3) is 2.17. The van der Waals surface area contributed by atoms with Crippen molar-refractivity contribution in [2.24, 2.45) is 7.05 Å². The number of fused-ring (bicyclic) bond motifs is 1. The molecule has 1 N–H and O–H groups in total. The van der Waals surface area contributed by atoms with Crippen molar-refractivity contribution in [2.45, 2.75) is 26.7 Å². The number of urea groups is 1. The summed E-state index contributed by atoms with van der Waals surface area (Å²) < 4.78 is 1.80. The highest BCUT2D eigenvalue weighted by molar-refractivity contribution is 5.85. The van der Waals surface area contributed by atoms with Crippen LogP contribution in [0.4, 0.5) is 10.6 Å². The lowest BCUT2D eigenvalue weighted by Gasteiger charge is -2.28. The maximum Gasteiger partial charge on any atom is 0.336 e. The highest BCUT2D eigenvalue weighted by atomic mass is 16.2. The van der Waals surface area contributed by atoms with Gasteiger partial charge < -0.3 is 5.32 Å². The summed E-state index contributed by atoms with van der Waals surface area (Å²) in [5, 5.41) is 11.9. The average Bonchev–Trinajstić information content (AvgIpc) is 3.01. The van der Waals surface area contributed by atoms with Crippen molar-refractivity contribution in [1.82, 2.24) is 25.1 Å². The number of anilines is 1. The Bertz CT molecular complexity index is 735. The first kappa shape index (κ1) is 14.6. The molecule has 0 bridgehead atoms. The van der Waals surface area contributed by atoms with Crippen LogP contribution in [-0.4, -0.2) is 45.9 Å². The van der Waals surface area contributed by atoms with E-state index in [0.717, 1.165) is 22.5 Å². The van der Waals surface area contributed by atoms with E-state index in [1.54, 1.807) is 9.69 Å². The first-order chi connectivity index (χ1) is 10.4. The SMILES string of the molecule is Cc1nn(C)c2nc(N(C)N3CCNC3=O)cc(C(C)C)c12. The standard InChI is InChI=1S/C15H22N6O/c1-9(2)11-8-12(20(5)21-7-6-16-15(21)22)17-14-13(11)10(3)18-19(14)4/h8-9H,6-7H2,1-5H3,(H,16,22). The predicted molar refractivity (Wildman–Crippen MR) is 85.8 cm³/mol. The number of aryl methyl sites for hydroxylation is 2. The molecule has 7 nitrogen and oxygen atoms in total. The monoisotopic (exact) mass is 302 g/mol. The van der Waals surface area contributed by atoms with E-state index in [1.165, 1.54) is 5.56 Å². The summed E-state index contributed by atoms with van der Waals surface area (Å²) in [7, 11) is 3.77. The van der Waals surface area contributed by atoms with E-state index < -0.39 is 0 Å². The van der Waals surface area contributed by atoms with Gasteiger partial charge in [0.1, 0.15) is 5.82 Å². The van der Waals surface area contributed by atoms with Gasteiger partial charge in [0.25, 0.3) is 0 Å². The molecule has 0 saturated carbocycles. The van der Waals surface area contributed by atoms with Crippen LogP contribution in [0.5, 0.6) is 0 Å². The second-order valence-electron chi connectivity index (χ2n) is 6.01. The second kappa shape index (κ2) is 5.15. The molecule has 0 atom stereocenters. The highest BCUT2D eigenvalue weighted by Gasteiger charge is 2.26. The largest absolute Gasteiger partial charge is 0.336 e. The van der Waals surface area contributed by atoms with Gasteiger partial charge in [-0.1, -0.05) is 13.8 Å². The number of hydrogen-bond donors (Lipinski definition) is 1. The van der Waals surface area contributed by atoms with Crippen LogP contribution < -0.4 is 10.3 Å². The third-order valence-corrected chi connectivity index (χ3v) is 4.14. The Hall–Kier alpha value is -2.31. The Morgan fingerprint density at radius 2 is 2.14 bits per heavy atom. The van der Waals surface area contributed by atoms with Crippen molar-refractivity contribution in [3.8, 4) is 0 Å². The normalized spacial score (nSPS) is 15.0. The van der Waals surface area contributed by atoms with Crippen LogP contribution in [0.3, 0.4) is 0 Å². The molecule has 0 aromatic carbocycles. The minimum Gasteiger partial charge on any atom is -0.335 e. The van der Waals surface area contributed by atoms with Crippen molar-refractivity contribution < 1.29 is 4.79 Å². The van der Waals surface area contributed by atoms with Crippen LogP contribution in [0.15, 0.2) is 6.07 Å². The molecule has 2 amide bonds. The summed E-state index contributed by atoms with van der Waals surface area (Å²) in [5.74, 6) is 1.12. The quantitative estimate of drug-likeness (QED) is 0.938. The van der Waals surface area contributed by atoms with Gasteiger partial charge in [0.2, 0.25) is 0 Å². The maximum atomic E-state index is 11.9. The van der Waals surface area contributed by atoms with E-state index in [0.29, 0.717) is 19.0 Å². The van der Waals surface area contributed by atoms with Gasteiger partial charge in [0.15, 0.2) is 5.65 Å². The molecular formula is C15H22N6O. The Labute approximate surface area is 129 Å². The van der Waals surface area contributed by atoms with Crippen molar-refractivity contribution in [1.29, 1.82) is 0 Å². The van der Waals surface area contributed by atoms with Gasteiger partial charge in [-0.2, -0.15) is 5.10 Å². The van der Waals surface area contributed by atoms with Crippen molar-refractivity contribution in [3.63, 3.8) is 0 Å². The fourth-order valence-electron chi connectivity index (χ4n) is 2.96. The average molecular weight is 302 g/mol. The summed E-state index contributed by atoms with van der Waals surface area (Å²) in [6.45, 7) is 7.64. The zero-order valence-electron chi connectivity index (χ0n) is 13.7. The molecule has 3 rings (SSSR count). The number of amides is 2. The van der Waals surface area contributed by atoms with Gasteiger partial charge in [-0.3, -0.25) is 9.69 Å². The van der Waals surface area contributed by atoms with Crippen LogP contribution in [-0.2, 0) is 7.05 Å². The summed E-state index contributed by atoms with van der Waals surface area (Å²) in [6.07, 6.45) is 0. The molecule has 2 aromatic heterocycles. The molecule has 0 radical (unpaired) electrons. The Balaban J connectivity index is 2.14. The summed E-state index contributed by atoms with van der Waals surface area (Å²) in [6, 6.07) is 1.98. The van der Waals surface area contributed by atoms with Crippen molar-refractivity contribution in [2.75, 3.05) is 25.1 Å². The fourth-order valence-corrected chi connectivity index (χ4v) is 2.96. The zero-order chi connectivity index (χ0) is 16.0. The van der Waals surface area contributed by atoms with Crippen LogP contribution in [0, 0.1) is 6.92 Å². The molecule has 118 valence electrons. The van der Waals surface area contributed by atoms with Gasteiger partial charge in [-0.05, 0) is 24.5 Å². The van der Waals surface area contributed by atoms with Crippen molar-refractivity contribution in [3.05, 3.63) is 17.3 Å². The molecule has 7 heteroatoms. The fraction of sp³-hybridized carbons (Fsp3) is 0.533. The Morgan fingerprint density at radius 1 is 1.41 bits per heavy atom. The van der Waals surface area contributed by atoms with E-state index in [1.807, 2.05) is 26.0 Å². The van der Waals surface area contributed by atoms with E-state index in [9.17, 15) is 4.79 Å². The minimum absolute atomic E-state index is 0.0864. The van der Waals surface area contributed by atoms with Crippen LogP contribution in [0.1, 0.15) is 31.0 Å². The molecule has 1 aliphatic heterocycles. The summed E-state index contributed by atoms with van der Waals surface area (Å²) in [4.78, 5) is 16.6. The number of nitrogens with zero attached hydrogens (tertiary/aromatic N) is 5. The first-order valence-corrected chi connectivity index (χ1v) is 7.53. The molecule has 2 aromatic rings. The lowest BCUT2D eigenvalue weighted by molar-refractivity contribution is 0.215. The van der Waals surface area contributed by atoms with Crippen LogP contribution in [0.25, 0.3) is 11.0 Å². The Kier molecular flexibility index (Phi) is 3.42. The van der Waals surface area contributed by atoms with Gasteiger partial charge in [-0.25, -0.2) is 14.8 Å².